The van der Waals surface area contributed by atoms with Crippen LogP contribution in [0.1, 0.15) is 26.7 Å². The molecule has 1 atom stereocenters. The second-order valence-electron chi connectivity index (χ2n) is 5.95. The Balaban J connectivity index is 1.80. The number of halogens is 1. The van der Waals surface area contributed by atoms with Gasteiger partial charge in [-0.15, -0.1) is 0 Å². The van der Waals surface area contributed by atoms with E-state index in [4.69, 9.17) is 4.74 Å². The van der Waals surface area contributed by atoms with Gasteiger partial charge in [0.05, 0.1) is 12.0 Å². The molecule has 0 unspecified atom stereocenters. The molecule has 0 radical (unpaired) electrons. The summed E-state index contributed by atoms with van der Waals surface area (Å²) >= 11 is 0. The molecule has 126 valence electrons. The van der Waals surface area contributed by atoms with Gasteiger partial charge in [0.15, 0.2) is 0 Å². The van der Waals surface area contributed by atoms with Gasteiger partial charge < -0.3 is 15.0 Å². The van der Waals surface area contributed by atoms with Crippen molar-refractivity contribution in [2.45, 2.75) is 32.8 Å². The van der Waals surface area contributed by atoms with Crippen LogP contribution in [-0.2, 0) is 14.3 Å². The fourth-order valence-corrected chi connectivity index (χ4v) is 2.50. The maximum atomic E-state index is 12.9. The number of rotatable bonds is 7. The van der Waals surface area contributed by atoms with Crippen molar-refractivity contribution >= 4 is 17.5 Å². The van der Waals surface area contributed by atoms with E-state index in [1.54, 1.807) is 12.1 Å². The van der Waals surface area contributed by atoms with Gasteiger partial charge in [0.1, 0.15) is 5.82 Å². The molecular weight excluding hydrogens is 299 g/mol. The summed E-state index contributed by atoms with van der Waals surface area (Å²) in [7, 11) is 0. The quantitative estimate of drug-likeness (QED) is 0.782. The van der Waals surface area contributed by atoms with Crippen LogP contribution in [0.15, 0.2) is 24.3 Å². The predicted octanol–water partition coefficient (Wildman–Crippen LogP) is 2.11. The molecule has 2 amide bonds. The monoisotopic (exact) mass is 322 g/mol. The van der Waals surface area contributed by atoms with Gasteiger partial charge in [0.2, 0.25) is 11.8 Å². The molecule has 1 aromatic carbocycles. The molecule has 1 aliphatic heterocycles. The number of ether oxygens (including phenoxy) is 1. The first-order chi connectivity index (χ1) is 11.0. The van der Waals surface area contributed by atoms with Crippen molar-refractivity contribution in [2.24, 2.45) is 5.92 Å². The van der Waals surface area contributed by atoms with E-state index in [1.807, 2.05) is 13.8 Å². The van der Waals surface area contributed by atoms with Crippen LogP contribution in [0, 0.1) is 11.7 Å². The first kappa shape index (κ1) is 17.4. The molecule has 23 heavy (non-hydrogen) atoms. The van der Waals surface area contributed by atoms with Gasteiger partial charge in [-0.25, -0.2) is 4.39 Å². The highest BCUT2D eigenvalue weighted by molar-refractivity contribution is 6.00. The Kier molecular flexibility index (Phi) is 6.10. The first-order valence-corrected chi connectivity index (χ1v) is 7.92. The van der Waals surface area contributed by atoms with Crippen molar-refractivity contribution in [3.63, 3.8) is 0 Å². The van der Waals surface area contributed by atoms with Crippen LogP contribution in [0.3, 0.4) is 0 Å². The van der Waals surface area contributed by atoms with E-state index in [2.05, 4.69) is 5.32 Å². The molecule has 0 saturated carbocycles. The smallest absolute Gasteiger partial charge is 0.227 e. The van der Waals surface area contributed by atoms with Crippen molar-refractivity contribution in [1.29, 1.82) is 0 Å². The van der Waals surface area contributed by atoms with Crippen LogP contribution in [-0.4, -0.2) is 37.6 Å². The van der Waals surface area contributed by atoms with E-state index in [0.29, 0.717) is 25.4 Å². The molecule has 1 fully saturated rings. The summed E-state index contributed by atoms with van der Waals surface area (Å²) in [6.07, 6.45) is 1.11. The molecule has 5 nitrogen and oxygen atoms in total. The Hall–Kier alpha value is -1.95. The van der Waals surface area contributed by atoms with Crippen LogP contribution in [0.25, 0.3) is 0 Å². The fraction of sp³-hybridized carbons (Fsp3) is 0.529. The van der Waals surface area contributed by atoms with Gasteiger partial charge >= 0.3 is 0 Å². The average Bonchev–Trinajstić information content (AvgIpc) is 2.89. The molecule has 0 bridgehead atoms. The summed E-state index contributed by atoms with van der Waals surface area (Å²) < 4.78 is 18.4. The van der Waals surface area contributed by atoms with E-state index in [-0.39, 0.29) is 36.1 Å². The molecule has 6 heteroatoms. The highest BCUT2D eigenvalue weighted by Crippen LogP contribution is 2.25. The number of nitrogens with one attached hydrogen (secondary N) is 1. The molecular formula is C17H23FN2O3. The first-order valence-electron chi connectivity index (χ1n) is 7.92. The lowest BCUT2D eigenvalue weighted by atomic mass is 10.1. The maximum absolute atomic E-state index is 12.9. The van der Waals surface area contributed by atoms with E-state index >= 15 is 0 Å². The third kappa shape index (κ3) is 5.03. The molecule has 0 aromatic heterocycles. The van der Waals surface area contributed by atoms with Crippen LogP contribution < -0.4 is 10.2 Å². The molecule has 0 spiro atoms. The van der Waals surface area contributed by atoms with E-state index in [0.717, 1.165) is 6.42 Å². The number of nitrogens with zero attached hydrogens (tertiary/aromatic N) is 1. The Morgan fingerprint density at radius 3 is 2.74 bits per heavy atom. The Morgan fingerprint density at radius 2 is 2.09 bits per heavy atom. The van der Waals surface area contributed by atoms with Gasteiger partial charge in [-0.3, -0.25) is 9.59 Å². The highest BCUT2D eigenvalue weighted by atomic mass is 19.1. The Morgan fingerprint density at radius 1 is 1.39 bits per heavy atom. The minimum atomic E-state index is -0.362. The van der Waals surface area contributed by atoms with Gasteiger partial charge in [0, 0.05) is 31.8 Å². The summed E-state index contributed by atoms with van der Waals surface area (Å²) in [4.78, 5) is 25.7. The Bertz CT molecular complexity index is 545. The van der Waals surface area contributed by atoms with E-state index in [9.17, 15) is 14.0 Å². The summed E-state index contributed by atoms with van der Waals surface area (Å²) in [6, 6.07) is 5.73. The molecule has 2 rings (SSSR count). The fourth-order valence-electron chi connectivity index (χ4n) is 2.50. The van der Waals surface area contributed by atoms with E-state index in [1.165, 1.54) is 17.0 Å². The molecule has 1 heterocycles. The molecule has 0 aliphatic carbocycles. The third-order valence-electron chi connectivity index (χ3n) is 3.71. The lowest BCUT2D eigenvalue weighted by Crippen LogP contribution is -2.34. The van der Waals surface area contributed by atoms with Crippen LogP contribution in [0.4, 0.5) is 10.1 Å². The number of amides is 2. The van der Waals surface area contributed by atoms with Gasteiger partial charge in [-0.1, -0.05) is 0 Å². The van der Waals surface area contributed by atoms with Crippen LogP contribution in [0.5, 0.6) is 0 Å². The normalized spacial score (nSPS) is 17.8. The second kappa shape index (κ2) is 8.06. The van der Waals surface area contributed by atoms with Crippen molar-refractivity contribution in [3.8, 4) is 0 Å². The number of benzene rings is 1. The number of hydrogen-bond acceptors (Lipinski definition) is 3. The minimum absolute atomic E-state index is 0.111. The van der Waals surface area contributed by atoms with Crippen LogP contribution in [0.2, 0.25) is 0 Å². The SMILES string of the molecule is CC(C)OCCCNC(=O)[C@H]1CC(=O)N(c2ccc(F)cc2)C1. The van der Waals surface area contributed by atoms with Gasteiger partial charge in [0.25, 0.3) is 0 Å². The summed E-state index contributed by atoms with van der Waals surface area (Å²) in [6.45, 7) is 5.40. The van der Waals surface area contributed by atoms with Crippen molar-refractivity contribution in [2.75, 3.05) is 24.6 Å². The standard InChI is InChI=1S/C17H23FN2O3/c1-12(2)23-9-3-8-19-17(22)13-10-16(21)20(11-13)15-6-4-14(18)5-7-15/h4-7,12-13H,3,8-11H2,1-2H3,(H,19,22)/t13-/m0/s1. The Labute approximate surface area is 135 Å². The summed E-state index contributed by atoms with van der Waals surface area (Å²) in [5.74, 6) is -0.940. The molecule has 1 N–H and O–H groups in total. The highest BCUT2D eigenvalue weighted by Gasteiger charge is 2.34. The van der Waals surface area contributed by atoms with E-state index < -0.39 is 0 Å². The van der Waals surface area contributed by atoms with Crippen molar-refractivity contribution < 1.29 is 18.7 Å². The summed E-state index contributed by atoms with van der Waals surface area (Å²) in [5.41, 5.74) is 0.622. The van der Waals surface area contributed by atoms with Crippen molar-refractivity contribution in [1.82, 2.24) is 5.32 Å². The minimum Gasteiger partial charge on any atom is -0.379 e. The third-order valence-corrected chi connectivity index (χ3v) is 3.71. The van der Waals surface area contributed by atoms with Crippen molar-refractivity contribution in [3.05, 3.63) is 30.1 Å². The average molecular weight is 322 g/mol. The number of hydrogen-bond donors (Lipinski definition) is 1. The largest absolute Gasteiger partial charge is 0.379 e. The number of carbonyl (C=O) groups is 2. The topological polar surface area (TPSA) is 58.6 Å². The number of carbonyl (C=O) groups excluding carboxylic acids is 2. The summed E-state index contributed by atoms with van der Waals surface area (Å²) in [5, 5.41) is 2.84. The van der Waals surface area contributed by atoms with Gasteiger partial charge in [-0.2, -0.15) is 0 Å². The van der Waals surface area contributed by atoms with Crippen LogP contribution >= 0.6 is 0 Å². The lowest BCUT2D eigenvalue weighted by Gasteiger charge is -2.16. The zero-order valence-electron chi connectivity index (χ0n) is 13.5. The maximum Gasteiger partial charge on any atom is 0.227 e. The molecule has 1 aliphatic rings. The zero-order chi connectivity index (χ0) is 16.8. The predicted molar refractivity (Wildman–Crippen MR) is 85.6 cm³/mol. The lowest BCUT2D eigenvalue weighted by molar-refractivity contribution is -0.126. The van der Waals surface area contributed by atoms with Gasteiger partial charge in [-0.05, 0) is 44.5 Å². The molecule has 1 saturated heterocycles. The zero-order valence-corrected chi connectivity index (χ0v) is 13.5. The number of anilines is 1. The molecule has 1 aromatic rings. The second-order valence-corrected chi connectivity index (χ2v) is 5.95.